The monoisotopic (exact) mass is 268 g/mol. The number of nitrogens with one attached hydrogen (secondary N) is 1. The summed E-state index contributed by atoms with van der Waals surface area (Å²) in [4.78, 5) is 4.76. The van der Waals surface area contributed by atoms with E-state index in [1.54, 1.807) is 11.3 Å². The molecule has 0 radical (unpaired) electrons. The predicted octanol–water partition coefficient (Wildman–Crippen LogP) is 3.69. The van der Waals surface area contributed by atoms with Gasteiger partial charge in [0.05, 0.1) is 5.69 Å². The van der Waals surface area contributed by atoms with Gasteiger partial charge in [-0.25, -0.2) is 4.98 Å². The smallest absolute Gasteiger partial charge is 0.122 e. The van der Waals surface area contributed by atoms with Crippen molar-refractivity contribution in [3.8, 4) is 0 Å². The summed E-state index contributed by atoms with van der Waals surface area (Å²) < 4.78 is 5.73. The second kappa shape index (κ2) is 6.64. The molecule has 1 aromatic heterocycles. The van der Waals surface area contributed by atoms with Gasteiger partial charge in [0.1, 0.15) is 11.1 Å². The summed E-state index contributed by atoms with van der Waals surface area (Å²) in [7, 11) is 3.79. The van der Waals surface area contributed by atoms with Crippen LogP contribution in [-0.2, 0) is 4.74 Å². The molecule has 2 unspecified atom stereocenters. The first-order chi connectivity index (χ1) is 8.76. The van der Waals surface area contributed by atoms with Crippen molar-refractivity contribution in [2.24, 2.45) is 5.92 Å². The topological polar surface area (TPSA) is 34.1 Å². The van der Waals surface area contributed by atoms with Crippen LogP contribution in [0, 0.1) is 5.92 Å². The van der Waals surface area contributed by atoms with E-state index >= 15 is 0 Å². The molecule has 0 amide bonds. The van der Waals surface area contributed by atoms with Crippen LogP contribution >= 0.6 is 11.3 Å². The van der Waals surface area contributed by atoms with Crippen molar-refractivity contribution >= 4 is 11.3 Å². The standard InChI is InChI=1S/C14H24N2OS/c1-10(15-2)12-9-18-14(16-12)13(17-3)11-7-5-4-6-8-11/h9-11,13,15H,4-8H2,1-3H3. The molecular formula is C14H24N2OS. The lowest BCUT2D eigenvalue weighted by molar-refractivity contribution is 0.0351. The SMILES string of the molecule is CNC(C)c1csc(C(OC)C2CCCCC2)n1. The zero-order chi connectivity index (χ0) is 13.0. The highest BCUT2D eigenvalue weighted by atomic mass is 32.1. The second-order valence-corrected chi connectivity index (χ2v) is 6.07. The first-order valence-electron chi connectivity index (χ1n) is 6.91. The lowest BCUT2D eigenvalue weighted by Gasteiger charge is -2.27. The Labute approximate surface area is 114 Å². The van der Waals surface area contributed by atoms with E-state index in [9.17, 15) is 0 Å². The fourth-order valence-electron chi connectivity index (χ4n) is 2.71. The minimum atomic E-state index is 0.202. The number of ether oxygens (including phenoxy) is 1. The van der Waals surface area contributed by atoms with Gasteiger partial charge >= 0.3 is 0 Å². The average Bonchev–Trinajstić information content (AvgIpc) is 2.89. The van der Waals surface area contributed by atoms with Crippen molar-refractivity contribution in [2.45, 2.75) is 51.2 Å². The molecule has 3 nitrogen and oxygen atoms in total. The Morgan fingerprint density at radius 1 is 1.39 bits per heavy atom. The average molecular weight is 268 g/mol. The van der Waals surface area contributed by atoms with Gasteiger partial charge in [0.15, 0.2) is 0 Å². The largest absolute Gasteiger partial charge is 0.374 e. The van der Waals surface area contributed by atoms with Crippen molar-refractivity contribution in [2.75, 3.05) is 14.2 Å². The number of hydrogen-bond donors (Lipinski definition) is 1. The molecule has 102 valence electrons. The van der Waals surface area contributed by atoms with Crippen LogP contribution in [0.15, 0.2) is 5.38 Å². The van der Waals surface area contributed by atoms with E-state index in [0.29, 0.717) is 12.0 Å². The summed E-state index contributed by atoms with van der Waals surface area (Å²) in [6.07, 6.45) is 6.84. The van der Waals surface area contributed by atoms with Crippen molar-refractivity contribution in [1.29, 1.82) is 0 Å². The van der Waals surface area contributed by atoms with E-state index in [4.69, 9.17) is 9.72 Å². The van der Waals surface area contributed by atoms with E-state index in [-0.39, 0.29) is 6.10 Å². The predicted molar refractivity (Wildman–Crippen MR) is 75.9 cm³/mol. The quantitative estimate of drug-likeness (QED) is 0.884. The van der Waals surface area contributed by atoms with Crippen LogP contribution in [-0.4, -0.2) is 19.1 Å². The summed E-state index contributed by atoms with van der Waals surface area (Å²) >= 11 is 1.74. The maximum absolute atomic E-state index is 5.73. The highest BCUT2D eigenvalue weighted by Crippen LogP contribution is 2.37. The Morgan fingerprint density at radius 3 is 2.72 bits per heavy atom. The molecular weight excluding hydrogens is 244 g/mol. The van der Waals surface area contributed by atoms with Crippen molar-refractivity contribution in [3.63, 3.8) is 0 Å². The summed E-state index contributed by atoms with van der Waals surface area (Å²) in [5.74, 6) is 0.660. The molecule has 18 heavy (non-hydrogen) atoms. The normalized spacial score (nSPS) is 20.8. The molecule has 4 heteroatoms. The summed E-state index contributed by atoms with van der Waals surface area (Å²) in [6, 6.07) is 0.318. The van der Waals surface area contributed by atoms with Crippen LogP contribution < -0.4 is 5.32 Å². The number of thiazole rings is 1. The third-order valence-electron chi connectivity index (χ3n) is 3.99. The van der Waals surface area contributed by atoms with E-state index in [1.165, 1.54) is 32.1 Å². The maximum atomic E-state index is 5.73. The Hall–Kier alpha value is -0.450. The third-order valence-corrected chi connectivity index (χ3v) is 4.92. The van der Waals surface area contributed by atoms with Gasteiger partial charge in [-0.2, -0.15) is 0 Å². The van der Waals surface area contributed by atoms with Crippen molar-refractivity contribution < 1.29 is 4.74 Å². The van der Waals surface area contributed by atoms with Gasteiger partial charge in [-0.05, 0) is 32.7 Å². The van der Waals surface area contributed by atoms with Crippen LogP contribution in [0.4, 0.5) is 0 Å². The molecule has 1 saturated carbocycles. The van der Waals surface area contributed by atoms with Gasteiger partial charge in [0, 0.05) is 18.5 Å². The molecule has 0 spiro atoms. The van der Waals surface area contributed by atoms with Gasteiger partial charge in [-0.15, -0.1) is 11.3 Å². The minimum Gasteiger partial charge on any atom is -0.374 e. The van der Waals surface area contributed by atoms with Crippen LogP contribution in [0.1, 0.15) is 61.9 Å². The van der Waals surface area contributed by atoms with E-state index < -0.39 is 0 Å². The Balaban J connectivity index is 2.09. The number of aromatic nitrogens is 1. The summed E-state index contributed by atoms with van der Waals surface area (Å²) in [6.45, 7) is 2.14. The van der Waals surface area contributed by atoms with Crippen molar-refractivity contribution in [3.05, 3.63) is 16.1 Å². The Kier molecular flexibility index (Phi) is 5.15. The maximum Gasteiger partial charge on any atom is 0.122 e. The third kappa shape index (κ3) is 3.11. The highest BCUT2D eigenvalue weighted by Gasteiger charge is 2.27. The van der Waals surface area contributed by atoms with Crippen LogP contribution in [0.5, 0.6) is 0 Å². The van der Waals surface area contributed by atoms with Crippen LogP contribution in [0.2, 0.25) is 0 Å². The lowest BCUT2D eigenvalue weighted by Crippen LogP contribution is -2.18. The van der Waals surface area contributed by atoms with E-state index in [0.717, 1.165) is 10.7 Å². The van der Waals surface area contributed by atoms with Gasteiger partial charge in [0.25, 0.3) is 0 Å². The molecule has 0 aliphatic heterocycles. The van der Waals surface area contributed by atoms with E-state index in [2.05, 4.69) is 17.6 Å². The number of hydrogen-bond acceptors (Lipinski definition) is 4. The summed E-state index contributed by atoms with van der Waals surface area (Å²) in [5.41, 5.74) is 1.13. The number of rotatable bonds is 5. The number of methoxy groups -OCH3 is 1. The van der Waals surface area contributed by atoms with E-state index in [1.807, 2.05) is 14.2 Å². The van der Waals surface area contributed by atoms with Crippen LogP contribution in [0.3, 0.4) is 0 Å². The molecule has 2 rings (SSSR count). The molecule has 0 bridgehead atoms. The number of nitrogens with zero attached hydrogens (tertiary/aromatic N) is 1. The molecule has 1 N–H and O–H groups in total. The highest BCUT2D eigenvalue weighted by molar-refractivity contribution is 7.09. The first kappa shape index (κ1) is 14.0. The molecule has 1 heterocycles. The minimum absolute atomic E-state index is 0.202. The lowest BCUT2D eigenvalue weighted by atomic mass is 9.85. The molecule has 0 aromatic carbocycles. The van der Waals surface area contributed by atoms with Crippen molar-refractivity contribution in [1.82, 2.24) is 10.3 Å². The zero-order valence-electron chi connectivity index (χ0n) is 11.6. The molecule has 1 fully saturated rings. The summed E-state index contributed by atoms with van der Waals surface area (Å²) in [5, 5.41) is 6.55. The molecule has 0 saturated heterocycles. The van der Waals surface area contributed by atoms with Gasteiger partial charge < -0.3 is 10.1 Å². The second-order valence-electron chi connectivity index (χ2n) is 5.18. The van der Waals surface area contributed by atoms with Gasteiger partial charge in [0.2, 0.25) is 0 Å². The molecule has 1 aliphatic rings. The Morgan fingerprint density at radius 2 is 2.11 bits per heavy atom. The molecule has 1 aliphatic carbocycles. The van der Waals surface area contributed by atoms with Crippen LogP contribution in [0.25, 0.3) is 0 Å². The Bertz CT molecular complexity index is 360. The fraction of sp³-hybridized carbons (Fsp3) is 0.786. The van der Waals surface area contributed by atoms with Gasteiger partial charge in [-0.3, -0.25) is 0 Å². The fourth-order valence-corrected chi connectivity index (χ4v) is 3.79. The molecule has 2 atom stereocenters. The first-order valence-corrected chi connectivity index (χ1v) is 7.79. The zero-order valence-corrected chi connectivity index (χ0v) is 12.4. The van der Waals surface area contributed by atoms with Gasteiger partial charge in [-0.1, -0.05) is 19.3 Å². The molecule has 1 aromatic rings.